The lowest BCUT2D eigenvalue weighted by Crippen LogP contribution is -2.51. The van der Waals surface area contributed by atoms with E-state index in [2.05, 4.69) is 0 Å². The van der Waals surface area contributed by atoms with Crippen molar-refractivity contribution in [3.05, 3.63) is 0 Å². The molecule has 3 N–H and O–H groups in total. The Bertz CT molecular complexity index is 281. The molecule has 0 radical (unpaired) electrons. The van der Waals surface area contributed by atoms with Gasteiger partial charge in [-0.15, -0.1) is 0 Å². The standard InChI is InChI=1S/C9H22N2O4S/c1-11(4-5-16(3,13)14)9(6-12)8(10)7-15-2/h8-9,12H,4-7,10H2,1-3H3. The molecule has 2 atom stereocenters. The van der Waals surface area contributed by atoms with E-state index in [1.807, 2.05) is 0 Å². The molecule has 0 heterocycles. The molecule has 0 rings (SSSR count). The van der Waals surface area contributed by atoms with Gasteiger partial charge in [-0.2, -0.15) is 0 Å². The van der Waals surface area contributed by atoms with Crippen molar-refractivity contribution in [2.75, 3.05) is 45.9 Å². The summed E-state index contributed by atoms with van der Waals surface area (Å²) in [5, 5.41) is 9.20. The first-order valence-corrected chi connectivity index (χ1v) is 7.11. The molecule has 0 aromatic carbocycles. The van der Waals surface area contributed by atoms with E-state index in [1.54, 1.807) is 11.9 Å². The Morgan fingerprint density at radius 1 is 1.50 bits per heavy atom. The first-order chi connectivity index (χ1) is 7.31. The van der Waals surface area contributed by atoms with Gasteiger partial charge in [-0.1, -0.05) is 0 Å². The highest BCUT2D eigenvalue weighted by atomic mass is 32.2. The van der Waals surface area contributed by atoms with Gasteiger partial charge < -0.3 is 15.6 Å². The van der Waals surface area contributed by atoms with Crippen LogP contribution in [0.25, 0.3) is 0 Å². The quantitative estimate of drug-likeness (QED) is 0.536. The molecule has 0 saturated heterocycles. The molecule has 0 aliphatic rings. The second kappa shape index (κ2) is 7.18. The Hall–Kier alpha value is -0.210. The SMILES string of the molecule is COCC(N)C(CO)N(C)CCS(C)(=O)=O. The first-order valence-electron chi connectivity index (χ1n) is 5.05. The zero-order valence-electron chi connectivity index (χ0n) is 10.1. The van der Waals surface area contributed by atoms with Crippen LogP contribution in [0.5, 0.6) is 0 Å². The molecule has 0 aromatic heterocycles. The van der Waals surface area contributed by atoms with Gasteiger partial charge in [-0.25, -0.2) is 8.42 Å². The van der Waals surface area contributed by atoms with Crippen LogP contribution < -0.4 is 5.73 Å². The number of aliphatic hydroxyl groups is 1. The minimum absolute atomic E-state index is 0.0553. The molecular weight excluding hydrogens is 232 g/mol. The molecule has 0 aliphatic heterocycles. The fourth-order valence-electron chi connectivity index (χ4n) is 1.38. The summed E-state index contributed by atoms with van der Waals surface area (Å²) < 4.78 is 26.9. The normalized spacial score (nSPS) is 16.4. The van der Waals surface area contributed by atoms with Gasteiger partial charge in [0.25, 0.3) is 0 Å². The fraction of sp³-hybridized carbons (Fsp3) is 1.00. The molecule has 0 saturated carbocycles. The second-order valence-corrected chi connectivity index (χ2v) is 6.24. The van der Waals surface area contributed by atoms with Gasteiger partial charge in [0.2, 0.25) is 0 Å². The molecule has 16 heavy (non-hydrogen) atoms. The number of methoxy groups -OCH3 is 1. The van der Waals surface area contributed by atoms with E-state index in [0.717, 1.165) is 0 Å². The summed E-state index contributed by atoms with van der Waals surface area (Å²) in [6.07, 6.45) is 1.18. The predicted molar refractivity (Wildman–Crippen MR) is 63.1 cm³/mol. The topological polar surface area (TPSA) is 92.9 Å². The molecular formula is C9H22N2O4S. The van der Waals surface area contributed by atoms with Crippen LogP contribution in [0.1, 0.15) is 0 Å². The number of sulfone groups is 1. The van der Waals surface area contributed by atoms with Crippen molar-refractivity contribution >= 4 is 9.84 Å². The molecule has 0 bridgehead atoms. The van der Waals surface area contributed by atoms with Crippen LogP contribution in [0.15, 0.2) is 0 Å². The number of likely N-dealkylation sites (N-methyl/N-ethyl adjacent to an activating group) is 1. The Morgan fingerprint density at radius 3 is 2.44 bits per heavy atom. The number of hydrogen-bond donors (Lipinski definition) is 2. The zero-order chi connectivity index (χ0) is 12.8. The van der Waals surface area contributed by atoms with Crippen molar-refractivity contribution in [2.45, 2.75) is 12.1 Å². The summed E-state index contributed by atoms with van der Waals surface area (Å²) in [6, 6.07) is -0.624. The summed E-state index contributed by atoms with van der Waals surface area (Å²) in [5.74, 6) is 0.0553. The van der Waals surface area contributed by atoms with E-state index in [-0.39, 0.29) is 24.4 Å². The molecule has 7 heteroatoms. The van der Waals surface area contributed by atoms with Gasteiger partial charge in [0.15, 0.2) is 0 Å². The maximum absolute atomic E-state index is 11.0. The number of aliphatic hydroxyl groups excluding tert-OH is 1. The largest absolute Gasteiger partial charge is 0.395 e. The summed E-state index contributed by atoms with van der Waals surface area (Å²) in [4.78, 5) is 1.74. The van der Waals surface area contributed by atoms with Crippen LogP contribution in [-0.2, 0) is 14.6 Å². The van der Waals surface area contributed by atoms with Gasteiger partial charge in [-0.3, -0.25) is 4.90 Å². The van der Waals surface area contributed by atoms with Crippen LogP contribution in [0.2, 0.25) is 0 Å². The second-order valence-electron chi connectivity index (χ2n) is 3.98. The van der Waals surface area contributed by atoms with Crippen molar-refractivity contribution in [1.82, 2.24) is 4.90 Å². The van der Waals surface area contributed by atoms with E-state index < -0.39 is 9.84 Å². The molecule has 0 aromatic rings. The Morgan fingerprint density at radius 2 is 2.06 bits per heavy atom. The molecule has 2 unspecified atom stereocenters. The molecule has 0 spiro atoms. The maximum Gasteiger partial charge on any atom is 0.148 e. The average Bonchev–Trinajstić information content (AvgIpc) is 2.15. The van der Waals surface area contributed by atoms with Crippen molar-refractivity contribution in [3.8, 4) is 0 Å². The highest BCUT2D eigenvalue weighted by Gasteiger charge is 2.22. The lowest BCUT2D eigenvalue weighted by atomic mass is 10.1. The molecule has 6 nitrogen and oxygen atoms in total. The minimum Gasteiger partial charge on any atom is -0.395 e. The van der Waals surface area contributed by atoms with Crippen LogP contribution in [0.3, 0.4) is 0 Å². The molecule has 0 aliphatic carbocycles. The zero-order valence-corrected chi connectivity index (χ0v) is 10.9. The maximum atomic E-state index is 11.0. The number of hydrogen-bond acceptors (Lipinski definition) is 6. The van der Waals surface area contributed by atoms with Crippen LogP contribution >= 0.6 is 0 Å². The van der Waals surface area contributed by atoms with E-state index in [0.29, 0.717) is 13.2 Å². The summed E-state index contributed by atoms with van der Waals surface area (Å²) in [5.41, 5.74) is 5.80. The number of nitrogens with two attached hydrogens (primary N) is 1. The van der Waals surface area contributed by atoms with Crippen LogP contribution in [0.4, 0.5) is 0 Å². The van der Waals surface area contributed by atoms with Gasteiger partial charge in [-0.05, 0) is 7.05 Å². The van der Waals surface area contributed by atoms with E-state index in [1.165, 1.54) is 13.4 Å². The van der Waals surface area contributed by atoms with E-state index in [9.17, 15) is 13.5 Å². The third-order valence-corrected chi connectivity index (χ3v) is 3.35. The summed E-state index contributed by atoms with van der Waals surface area (Å²) in [6.45, 7) is 0.556. The summed E-state index contributed by atoms with van der Waals surface area (Å²) in [7, 11) is 0.276. The van der Waals surface area contributed by atoms with Crippen molar-refractivity contribution in [1.29, 1.82) is 0 Å². The third-order valence-electron chi connectivity index (χ3n) is 2.42. The summed E-state index contributed by atoms with van der Waals surface area (Å²) >= 11 is 0. The Kier molecular flexibility index (Phi) is 7.09. The van der Waals surface area contributed by atoms with Gasteiger partial charge in [0, 0.05) is 32.0 Å². The molecule has 0 amide bonds. The van der Waals surface area contributed by atoms with Crippen LogP contribution in [-0.4, -0.2) is 76.4 Å². The number of ether oxygens (including phenoxy) is 1. The van der Waals surface area contributed by atoms with Gasteiger partial charge >= 0.3 is 0 Å². The number of nitrogens with zero attached hydrogens (tertiary/aromatic N) is 1. The van der Waals surface area contributed by atoms with Crippen molar-refractivity contribution in [2.24, 2.45) is 5.73 Å². The smallest absolute Gasteiger partial charge is 0.148 e. The van der Waals surface area contributed by atoms with E-state index >= 15 is 0 Å². The highest BCUT2D eigenvalue weighted by molar-refractivity contribution is 7.90. The Balaban J connectivity index is 4.25. The van der Waals surface area contributed by atoms with Crippen molar-refractivity contribution < 1.29 is 18.3 Å². The third kappa shape index (κ3) is 6.39. The van der Waals surface area contributed by atoms with Gasteiger partial charge in [0.1, 0.15) is 9.84 Å². The van der Waals surface area contributed by atoms with Gasteiger partial charge in [0.05, 0.1) is 19.0 Å². The first kappa shape index (κ1) is 15.8. The minimum atomic E-state index is -2.99. The Labute approximate surface area is 97.3 Å². The molecule has 98 valence electrons. The molecule has 0 fully saturated rings. The lowest BCUT2D eigenvalue weighted by molar-refractivity contribution is 0.0886. The fourth-order valence-corrected chi connectivity index (χ4v) is 2.00. The van der Waals surface area contributed by atoms with Crippen LogP contribution in [0, 0.1) is 0 Å². The van der Waals surface area contributed by atoms with Crippen molar-refractivity contribution in [3.63, 3.8) is 0 Å². The average molecular weight is 254 g/mol. The predicted octanol–water partition coefficient (Wildman–Crippen LogP) is -1.70. The highest BCUT2D eigenvalue weighted by Crippen LogP contribution is 2.01. The number of rotatable bonds is 8. The van der Waals surface area contributed by atoms with E-state index in [4.69, 9.17) is 10.5 Å². The monoisotopic (exact) mass is 254 g/mol. The lowest BCUT2D eigenvalue weighted by Gasteiger charge is -2.30.